The van der Waals surface area contributed by atoms with Crippen molar-refractivity contribution in [3.05, 3.63) is 66.1 Å². The maximum Gasteiger partial charge on any atom is 0.162 e. The Kier molecular flexibility index (Phi) is 4.44. The van der Waals surface area contributed by atoms with E-state index >= 15 is 0 Å². The molecule has 3 aromatic heterocycles. The smallest absolute Gasteiger partial charge is 0.162 e. The number of methoxy groups -OCH3 is 1. The molecule has 1 aliphatic heterocycles. The zero-order valence-corrected chi connectivity index (χ0v) is 16.5. The van der Waals surface area contributed by atoms with Crippen molar-refractivity contribution in [1.29, 1.82) is 0 Å². The molecule has 4 heterocycles. The molecule has 0 fully saturated rings. The molecule has 1 aromatic carbocycles. The van der Waals surface area contributed by atoms with E-state index in [0.29, 0.717) is 5.82 Å². The summed E-state index contributed by atoms with van der Waals surface area (Å²) < 4.78 is 7.60. The third-order valence-electron chi connectivity index (χ3n) is 5.50. The predicted molar refractivity (Wildman–Crippen MR) is 110 cm³/mol. The van der Waals surface area contributed by atoms with E-state index in [9.17, 15) is 0 Å². The molecule has 7 heteroatoms. The van der Waals surface area contributed by atoms with Crippen molar-refractivity contribution < 1.29 is 4.74 Å². The van der Waals surface area contributed by atoms with Gasteiger partial charge in [0.05, 0.1) is 18.4 Å². The Morgan fingerprint density at radius 3 is 2.83 bits per heavy atom. The third kappa shape index (κ3) is 3.34. The van der Waals surface area contributed by atoms with E-state index in [1.807, 2.05) is 12.3 Å². The van der Waals surface area contributed by atoms with Crippen LogP contribution >= 0.6 is 0 Å². The molecule has 0 amide bonds. The van der Waals surface area contributed by atoms with E-state index in [4.69, 9.17) is 9.72 Å². The first-order chi connectivity index (χ1) is 14.2. The van der Waals surface area contributed by atoms with Crippen LogP contribution in [0.3, 0.4) is 0 Å². The fourth-order valence-corrected chi connectivity index (χ4v) is 4.01. The van der Waals surface area contributed by atoms with Crippen LogP contribution in [0.1, 0.15) is 16.8 Å². The maximum atomic E-state index is 5.42. The molecule has 0 atom stereocenters. The van der Waals surface area contributed by atoms with E-state index < -0.39 is 0 Å². The molecule has 1 aliphatic rings. The summed E-state index contributed by atoms with van der Waals surface area (Å²) in [7, 11) is 3.80. The van der Waals surface area contributed by atoms with Crippen LogP contribution in [0.4, 0.5) is 0 Å². The van der Waals surface area contributed by atoms with Crippen molar-refractivity contribution in [2.24, 2.45) is 7.05 Å². The molecule has 5 rings (SSSR count). The molecule has 0 saturated carbocycles. The molecule has 0 unspecified atom stereocenters. The molecule has 4 aromatic rings. The first-order valence-corrected chi connectivity index (χ1v) is 9.66. The van der Waals surface area contributed by atoms with E-state index in [2.05, 4.69) is 49.8 Å². The quantitative estimate of drug-likeness (QED) is 0.537. The highest BCUT2D eigenvalue weighted by Crippen LogP contribution is 2.28. The lowest BCUT2D eigenvalue weighted by molar-refractivity contribution is 0.243. The molecular weight excluding hydrogens is 364 g/mol. The summed E-state index contributed by atoms with van der Waals surface area (Å²) in [6, 6.07) is 6.25. The fourth-order valence-electron chi connectivity index (χ4n) is 4.01. The lowest BCUT2D eigenvalue weighted by Gasteiger charge is -2.27. The summed E-state index contributed by atoms with van der Waals surface area (Å²) in [5.74, 6) is 1.58. The van der Waals surface area contributed by atoms with E-state index in [-0.39, 0.29) is 0 Å². The Balaban J connectivity index is 1.38. The first-order valence-electron chi connectivity index (χ1n) is 9.66. The number of nitrogens with zero attached hydrogens (tertiary/aromatic N) is 6. The highest BCUT2D eigenvalue weighted by atomic mass is 16.5. The van der Waals surface area contributed by atoms with Crippen LogP contribution in [0.25, 0.3) is 22.3 Å². The van der Waals surface area contributed by atoms with Crippen LogP contribution in [0.15, 0.2) is 49.3 Å². The van der Waals surface area contributed by atoms with Crippen molar-refractivity contribution in [2.45, 2.75) is 19.5 Å². The molecule has 0 radical (unpaired) electrons. The second-order valence-electron chi connectivity index (χ2n) is 7.40. The number of rotatable bonds is 4. The second-order valence-corrected chi connectivity index (χ2v) is 7.40. The summed E-state index contributed by atoms with van der Waals surface area (Å²) in [5.41, 5.74) is 5.69. The van der Waals surface area contributed by atoms with Gasteiger partial charge in [-0.05, 0) is 23.8 Å². The van der Waals surface area contributed by atoms with Gasteiger partial charge in [0.1, 0.15) is 12.1 Å². The van der Waals surface area contributed by atoms with Crippen molar-refractivity contribution in [3.63, 3.8) is 0 Å². The summed E-state index contributed by atoms with van der Waals surface area (Å²) >= 11 is 0. The first kappa shape index (κ1) is 17.8. The van der Waals surface area contributed by atoms with Gasteiger partial charge in [-0.15, -0.1) is 0 Å². The van der Waals surface area contributed by atoms with Crippen molar-refractivity contribution in [1.82, 2.24) is 29.4 Å². The normalized spacial score (nSPS) is 14.1. The highest BCUT2D eigenvalue weighted by Gasteiger charge is 2.20. The minimum atomic E-state index is 0.693. The Labute approximate surface area is 169 Å². The standard InChI is InChI=1S/C22H22N6O/c1-27-11-17(19-7-18(29-2)3-4-21(19)27)13-28-6-5-20-16(12-28)10-25-22(26-20)15-8-23-14-24-9-15/h3-4,7-11,14H,5-6,12-13H2,1-2H3. The largest absolute Gasteiger partial charge is 0.497 e. The summed E-state index contributed by atoms with van der Waals surface area (Å²) in [4.78, 5) is 19.9. The maximum absolute atomic E-state index is 5.42. The van der Waals surface area contributed by atoms with Gasteiger partial charge < -0.3 is 9.30 Å². The molecule has 146 valence electrons. The Morgan fingerprint density at radius 1 is 1.14 bits per heavy atom. The van der Waals surface area contributed by atoms with Crippen LogP contribution in [-0.4, -0.2) is 43.1 Å². The van der Waals surface area contributed by atoms with Crippen LogP contribution in [0.5, 0.6) is 5.75 Å². The molecule has 7 nitrogen and oxygen atoms in total. The van der Waals surface area contributed by atoms with Crippen LogP contribution in [0, 0.1) is 0 Å². The van der Waals surface area contributed by atoms with Gasteiger partial charge in [-0.25, -0.2) is 19.9 Å². The second kappa shape index (κ2) is 7.25. The zero-order chi connectivity index (χ0) is 19.8. The molecule has 0 saturated heterocycles. The number of ether oxygens (including phenoxy) is 1. The lowest BCUT2D eigenvalue weighted by Crippen LogP contribution is -2.30. The molecular formula is C22H22N6O. The summed E-state index contributed by atoms with van der Waals surface area (Å²) in [6.45, 7) is 2.70. The number of fused-ring (bicyclic) bond motifs is 2. The average molecular weight is 386 g/mol. The van der Waals surface area contributed by atoms with Gasteiger partial charge in [-0.2, -0.15) is 0 Å². The zero-order valence-electron chi connectivity index (χ0n) is 16.5. The monoisotopic (exact) mass is 386 g/mol. The SMILES string of the molecule is COc1ccc2c(c1)c(CN1CCc3nc(-c4cncnc4)ncc3C1)cn2C. The minimum absolute atomic E-state index is 0.693. The Bertz CT molecular complexity index is 1170. The van der Waals surface area contributed by atoms with Gasteiger partial charge in [0.2, 0.25) is 0 Å². The Hall–Kier alpha value is -3.32. The van der Waals surface area contributed by atoms with Gasteiger partial charge in [0, 0.05) is 74.4 Å². The number of aromatic nitrogens is 5. The van der Waals surface area contributed by atoms with E-state index in [0.717, 1.165) is 43.1 Å². The Morgan fingerprint density at radius 2 is 2.00 bits per heavy atom. The minimum Gasteiger partial charge on any atom is -0.497 e. The van der Waals surface area contributed by atoms with Crippen LogP contribution in [0.2, 0.25) is 0 Å². The van der Waals surface area contributed by atoms with Crippen molar-refractivity contribution in [2.75, 3.05) is 13.7 Å². The van der Waals surface area contributed by atoms with E-state index in [1.54, 1.807) is 19.5 Å². The van der Waals surface area contributed by atoms with Crippen LogP contribution < -0.4 is 4.74 Å². The lowest BCUT2D eigenvalue weighted by atomic mass is 10.1. The average Bonchev–Trinajstić information content (AvgIpc) is 3.08. The van der Waals surface area contributed by atoms with Crippen molar-refractivity contribution >= 4 is 10.9 Å². The molecule has 0 bridgehead atoms. The number of aryl methyl sites for hydroxylation is 1. The third-order valence-corrected chi connectivity index (χ3v) is 5.50. The molecule has 0 spiro atoms. The highest BCUT2D eigenvalue weighted by molar-refractivity contribution is 5.85. The summed E-state index contributed by atoms with van der Waals surface area (Å²) in [6.07, 6.45) is 10.1. The van der Waals surface area contributed by atoms with Gasteiger partial charge in [-0.3, -0.25) is 4.90 Å². The number of hydrogen-bond acceptors (Lipinski definition) is 6. The molecule has 0 N–H and O–H groups in total. The van der Waals surface area contributed by atoms with Gasteiger partial charge in [-0.1, -0.05) is 0 Å². The predicted octanol–water partition coefficient (Wildman–Crippen LogP) is 2.99. The van der Waals surface area contributed by atoms with Gasteiger partial charge in [0.25, 0.3) is 0 Å². The number of hydrogen-bond donors (Lipinski definition) is 0. The fraction of sp³-hybridized carbons (Fsp3) is 0.273. The molecule has 0 aliphatic carbocycles. The van der Waals surface area contributed by atoms with Crippen LogP contribution in [-0.2, 0) is 26.6 Å². The van der Waals surface area contributed by atoms with Crippen molar-refractivity contribution in [3.8, 4) is 17.1 Å². The topological polar surface area (TPSA) is 69.0 Å². The number of benzene rings is 1. The van der Waals surface area contributed by atoms with E-state index in [1.165, 1.54) is 28.4 Å². The summed E-state index contributed by atoms with van der Waals surface area (Å²) in [5, 5.41) is 1.24. The van der Waals surface area contributed by atoms with Gasteiger partial charge in [0.15, 0.2) is 5.82 Å². The molecule has 29 heavy (non-hydrogen) atoms. The van der Waals surface area contributed by atoms with Gasteiger partial charge >= 0.3 is 0 Å².